The Balaban J connectivity index is 2.43. The Hall–Kier alpha value is 1.44. The fourth-order valence-electron chi connectivity index (χ4n) is 0.408. The molecule has 1 aliphatic rings. The molecule has 0 saturated heterocycles. The maximum absolute atomic E-state index is 3.46. The summed E-state index contributed by atoms with van der Waals surface area (Å²) in [5.74, 6) is 0. The molecular formula is C4H4Br3. The molecule has 0 spiro atoms. The highest BCUT2D eigenvalue weighted by Gasteiger charge is 2.41. The highest BCUT2D eigenvalue weighted by Crippen LogP contribution is 2.55. The lowest BCUT2D eigenvalue weighted by Crippen LogP contribution is -2.28. The van der Waals surface area contributed by atoms with E-state index in [9.17, 15) is 0 Å². The lowest BCUT2D eigenvalue weighted by atomic mass is 10.0. The summed E-state index contributed by atoms with van der Waals surface area (Å²) in [5.41, 5.74) is 0. The van der Waals surface area contributed by atoms with Gasteiger partial charge in [0, 0.05) is 0 Å². The number of rotatable bonds is 0. The van der Waals surface area contributed by atoms with Gasteiger partial charge in [0.05, 0.1) is 8.06 Å². The minimum absolute atomic E-state index is 0.139. The highest BCUT2D eigenvalue weighted by atomic mass is 79.9. The van der Waals surface area contributed by atoms with Gasteiger partial charge in [0.1, 0.15) is 0 Å². The van der Waals surface area contributed by atoms with Crippen molar-refractivity contribution in [1.29, 1.82) is 0 Å². The molecule has 0 atom stereocenters. The minimum Gasteiger partial charge on any atom is -0.0812 e. The zero-order chi connectivity index (χ0) is 5.49. The first kappa shape index (κ1) is 6.56. The van der Waals surface area contributed by atoms with Gasteiger partial charge in [0.15, 0.2) is 0 Å². The summed E-state index contributed by atoms with van der Waals surface area (Å²) in [6.07, 6.45) is 2.38. The number of hydrogen-bond acceptors (Lipinski definition) is 0. The van der Waals surface area contributed by atoms with E-state index >= 15 is 0 Å². The average Bonchev–Trinajstić information content (AvgIpc) is 1.63. The molecule has 0 heterocycles. The fourth-order valence-corrected chi connectivity index (χ4v) is 1.60. The van der Waals surface area contributed by atoms with E-state index in [2.05, 4.69) is 47.8 Å². The smallest absolute Gasteiger partial charge is 0.0812 e. The molecule has 0 aromatic carbocycles. The van der Waals surface area contributed by atoms with Crippen LogP contribution in [0.3, 0.4) is 0 Å². The topological polar surface area (TPSA) is 0 Å². The van der Waals surface area contributed by atoms with Crippen LogP contribution in [0.1, 0.15) is 12.8 Å². The van der Waals surface area contributed by atoms with Crippen LogP contribution in [0.5, 0.6) is 0 Å². The largest absolute Gasteiger partial charge is 0.0972 e. The van der Waals surface area contributed by atoms with E-state index in [-0.39, 0.29) is 3.23 Å². The van der Waals surface area contributed by atoms with E-state index in [1.807, 2.05) is 0 Å². The van der Waals surface area contributed by atoms with Gasteiger partial charge in [-0.3, -0.25) is 0 Å². The first-order valence-corrected chi connectivity index (χ1v) is 4.40. The van der Waals surface area contributed by atoms with Crippen LogP contribution in [0.2, 0.25) is 0 Å². The molecule has 1 saturated carbocycles. The number of halogens is 3. The van der Waals surface area contributed by atoms with Gasteiger partial charge < -0.3 is 0 Å². The molecule has 0 amide bonds. The minimum atomic E-state index is 0.139. The molecule has 0 nitrogen and oxygen atoms in total. The summed E-state index contributed by atoms with van der Waals surface area (Å²) >= 11 is 10.3. The predicted octanol–water partition coefficient (Wildman–Crippen LogP) is 3.19. The third-order valence-electron chi connectivity index (χ3n) is 1.06. The molecule has 0 aromatic rings. The SMILES string of the molecule is Br[C]1CCC1(Br)Br. The Bertz CT molecular complexity index is 79.0. The molecule has 1 rings (SSSR count). The molecule has 0 N–H and O–H groups in total. The quantitative estimate of drug-likeness (QED) is 0.601. The predicted molar refractivity (Wildman–Crippen MR) is 42.0 cm³/mol. The van der Waals surface area contributed by atoms with Gasteiger partial charge in [-0.2, -0.15) is 0 Å². The Morgan fingerprint density at radius 2 is 1.86 bits per heavy atom. The molecule has 3 heteroatoms. The lowest BCUT2D eigenvalue weighted by molar-refractivity contribution is 0.629. The van der Waals surface area contributed by atoms with Crippen molar-refractivity contribution in [2.24, 2.45) is 0 Å². The highest BCUT2D eigenvalue weighted by molar-refractivity contribution is 9.26. The third kappa shape index (κ3) is 1.22. The van der Waals surface area contributed by atoms with Crippen LogP contribution in [0.15, 0.2) is 0 Å². The molecule has 0 unspecified atom stereocenters. The average molecular weight is 292 g/mol. The van der Waals surface area contributed by atoms with Crippen molar-refractivity contribution < 1.29 is 0 Å². The zero-order valence-corrected chi connectivity index (χ0v) is 8.31. The van der Waals surface area contributed by atoms with E-state index in [0.717, 1.165) is 0 Å². The van der Waals surface area contributed by atoms with Crippen LogP contribution in [0.25, 0.3) is 0 Å². The van der Waals surface area contributed by atoms with E-state index in [1.165, 1.54) is 17.7 Å². The molecule has 41 valence electrons. The number of alkyl halides is 2. The Morgan fingerprint density at radius 3 is 1.86 bits per heavy atom. The van der Waals surface area contributed by atoms with Gasteiger partial charge in [-0.25, -0.2) is 0 Å². The molecular weight excluding hydrogens is 288 g/mol. The van der Waals surface area contributed by atoms with Crippen LogP contribution in [0.4, 0.5) is 0 Å². The molecule has 1 radical (unpaired) electrons. The first-order chi connectivity index (χ1) is 3.13. The van der Waals surface area contributed by atoms with Crippen molar-refractivity contribution in [1.82, 2.24) is 0 Å². The molecule has 1 fully saturated rings. The molecule has 0 aliphatic heterocycles. The second-order valence-electron chi connectivity index (χ2n) is 1.61. The van der Waals surface area contributed by atoms with Crippen molar-refractivity contribution in [3.8, 4) is 0 Å². The van der Waals surface area contributed by atoms with Crippen molar-refractivity contribution >= 4 is 47.8 Å². The van der Waals surface area contributed by atoms with Crippen molar-refractivity contribution in [2.45, 2.75) is 16.1 Å². The van der Waals surface area contributed by atoms with Crippen LogP contribution in [-0.2, 0) is 0 Å². The van der Waals surface area contributed by atoms with Crippen LogP contribution < -0.4 is 0 Å². The van der Waals surface area contributed by atoms with Gasteiger partial charge in [0.2, 0.25) is 0 Å². The van der Waals surface area contributed by atoms with E-state index in [4.69, 9.17) is 0 Å². The monoisotopic (exact) mass is 289 g/mol. The lowest BCUT2D eigenvalue weighted by Gasteiger charge is -2.35. The van der Waals surface area contributed by atoms with Gasteiger partial charge in [-0.15, -0.1) is 0 Å². The number of hydrogen-bond donors (Lipinski definition) is 0. The Kier molecular flexibility index (Phi) is 1.87. The Morgan fingerprint density at radius 1 is 1.43 bits per heavy atom. The van der Waals surface area contributed by atoms with Crippen molar-refractivity contribution in [3.63, 3.8) is 0 Å². The summed E-state index contributed by atoms with van der Waals surface area (Å²) in [4.78, 5) is 1.32. The molecule has 0 aromatic heterocycles. The van der Waals surface area contributed by atoms with Crippen LogP contribution >= 0.6 is 47.8 Å². The van der Waals surface area contributed by atoms with E-state index in [0.29, 0.717) is 0 Å². The second kappa shape index (κ2) is 1.99. The molecule has 7 heavy (non-hydrogen) atoms. The normalized spacial score (nSPS) is 29.6. The van der Waals surface area contributed by atoms with Gasteiger partial charge in [0.25, 0.3) is 0 Å². The van der Waals surface area contributed by atoms with E-state index < -0.39 is 0 Å². The third-order valence-corrected chi connectivity index (χ3v) is 4.94. The standard InChI is InChI=1S/C4H4Br3/c5-3-1-2-4(3,6)7/h1-2H2. The van der Waals surface area contributed by atoms with Gasteiger partial charge in [-0.1, -0.05) is 47.8 Å². The van der Waals surface area contributed by atoms with Crippen LogP contribution in [0, 0.1) is 4.83 Å². The summed E-state index contributed by atoms with van der Waals surface area (Å²) in [6.45, 7) is 0. The van der Waals surface area contributed by atoms with Crippen molar-refractivity contribution in [2.75, 3.05) is 0 Å². The van der Waals surface area contributed by atoms with E-state index in [1.54, 1.807) is 0 Å². The first-order valence-electron chi connectivity index (χ1n) is 2.02. The summed E-state index contributed by atoms with van der Waals surface area (Å²) in [7, 11) is 0. The molecule has 0 bridgehead atoms. The van der Waals surface area contributed by atoms with Gasteiger partial charge in [-0.05, 0) is 12.8 Å². The van der Waals surface area contributed by atoms with Crippen LogP contribution in [-0.4, -0.2) is 3.23 Å². The maximum Gasteiger partial charge on any atom is 0.0972 e. The van der Waals surface area contributed by atoms with Gasteiger partial charge >= 0.3 is 0 Å². The second-order valence-corrected chi connectivity index (χ2v) is 6.34. The summed E-state index contributed by atoms with van der Waals surface area (Å²) in [5, 5.41) is 0. The zero-order valence-electron chi connectivity index (χ0n) is 3.55. The molecule has 1 aliphatic carbocycles. The Labute approximate surface area is 68.4 Å². The summed E-state index contributed by atoms with van der Waals surface area (Å²) < 4.78 is 0.139. The maximum atomic E-state index is 3.46. The fraction of sp³-hybridized carbons (Fsp3) is 0.750. The summed E-state index contributed by atoms with van der Waals surface area (Å²) in [6, 6.07) is 0. The van der Waals surface area contributed by atoms with Crippen molar-refractivity contribution in [3.05, 3.63) is 4.83 Å².